The summed E-state index contributed by atoms with van der Waals surface area (Å²) in [7, 11) is 0. The fourth-order valence-corrected chi connectivity index (χ4v) is 3.10. The number of nitrogens with zero attached hydrogens (tertiary/aromatic N) is 1. The van der Waals surface area contributed by atoms with Crippen molar-refractivity contribution < 1.29 is 0 Å². The van der Waals surface area contributed by atoms with E-state index in [1.807, 2.05) is 0 Å². The second kappa shape index (κ2) is 2.96. The summed E-state index contributed by atoms with van der Waals surface area (Å²) in [5, 5.41) is 3.50. The van der Waals surface area contributed by atoms with Gasteiger partial charge in [-0.05, 0) is 50.6 Å². The first-order valence-corrected chi connectivity index (χ1v) is 5.79. The molecule has 3 aliphatic rings. The molecule has 1 aliphatic carbocycles. The van der Waals surface area contributed by atoms with E-state index in [0.717, 1.165) is 23.8 Å². The quantitative estimate of drug-likeness (QED) is 0.680. The third kappa shape index (κ3) is 1.40. The molecular weight excluding hydrogens is 160 g/mol. The van der Waals surface area contributed by atoms with Crippen molar-refractivity contribution in [1.29, 1.82) is 0 Å². The Morgan fingerprint density at radius 1 is 1.15 bits per heavy atom. The van der Waals surface area contributed by atoms with E-state index in [9.17, 15) is 0 Å². The minimum atomic E-state index is 0.880. The number of nitrogens with one attached hydrogen (secondary N) is 1. The molecule has 2 aliphatic heterocycles. The van der Waals surface area contributed by atoms with E-state index in [4.69, 9.17) is 0 Å². The monoisotopic (exact) mass is 180 g/mol. The molecule has 0 spiro atoms. The van der Waals surface area contributed by atoms with Gasteiger partial charge in [0.25, 0.3) is 0 Å². The van der Waals surface area contributed by atoms with Crippen molar-refractivity contribution in [3.05, 3.63) is 0 Å². The molecule has 3 fully saturated rings. The molecule has 0 aromatic heterocycles. The molecule has 0 aromatic carbocycles. The highest BCUT2D eigenvalue weighted by Crippen LogP contribution is 2.38. The van der Waals surface area contributed by atoms with E-state index >= 15 is 0 Å². The van der Waals surface area contributed by atoms with Gasteiger partial charge in [-0.3, -0.25) is 4.90 Å². The maximum atomic E-state index is 3.50. The third-order valence-corrected chi connectivity index (χ3v) is 4.30. The van der Waals surface area contributed by atoms with E-state index in [1.54, 1.807) is 0 Å². The minimum Gasteiger partial charge on any atom is -0.316 e. The molecule has 3 atom stereocenters. The predicted molar refractivity (Wildman–Crippen MR) is 53.6 cm³/mol. The first-order valence-electron chi connectivity index (χ1n) is 5.79. The van der Waals surface area contributed by atoms with Crippen molar-refractivity contribution in [3.63, 3.8) is 0 Å². The Balaban J connectivity index is 1.62. The van der Waals surface area contributed by atoms with Crippen LogP contribution in [0.25, 0.3) is 0 Å². The van der Waals surface area contributed by atoms with Gasteiger partial charge in [-0.2, -0.15) is 0 Å². The van der Waals surface area contributed by atoms with Crippen LogP contribution in [0.3, 0.4) is 0 Å². The zero-order chi connectivity index (χ0) is 8.84. The van der Waals surface area contributed by atoms with E-state index in [-0.39, 0.29) is 0 Å². The van der Waals surface area contributed by atoms with Crippen LogP contribution < -0.4 is 5.32 Å². The smallest absolute Gasteiger partial charge is 0.00954 e. The van der Waals surface area contributed by atoms with Gasteiger partial charge in [-0.1, -0.05) is 0 Å². The summed E-state index contributed by atoms with van der Waals surface area (Å²) in [5.74, 6) is 2.99. The number of fused-ring (bicyclic) bond motifs is 1. The lowest BCUT2D eigenvalue weighted by atomic mass is 10.0. The van der Waals surface area contributed by atoms with Gasteiger partial charge >= 0.3 is 0 Å². The molecule has 2 heterocycles. The highest BCUT2D eigenvalue weighted by atomic mass is 15.2. The molecule has 74 valence electrons. The summed E-state index contributed by atoms with van der Waals surface area (Å²) in [4.78, 5) is 2.74. The number of hydrogen-bond acceptors (Lipinski definition) is 2. The third-order valence-electron chi connectivity index (χ3n) is 4.30. The Morgan fingerprint density at radius 3 is 2.31 bits per heavy atom. The number of rotatable bonds is 2. The van der Waals surface area contributed by atoms with E-state index in [2.05, 4.69) is 17.1 Å². The van der Waals surface area contributed by atoms with Gasteiger partial charge in [0.1, 0.15) is 0 Å². The molecule has 0 bridgehead atoms. The van der Waals surface area contributed by atoms with E-state index in [0.29, 0.717) is 0 Å². The van der Waals surface area contributed by atoms with Crippen LogP contribution in [-0.2, 0) is 0 Å². The average Bonchev–Trinajstić information content (AvgIpc) is 2.73. The van der Waals surface area contributed by atoms with Crippen LogP contribution in [0.2, 0.25) is 0 Å². The largest absolute Gasteiger partial charge is 0.316 e. The van der Waals surface area contributed by atoms with Gasteiger partial charge in [0.2, 0.25) is 0 Å². The lowest BCUT2D eigenvalue weighted by molar-refractivity contribution is 0.219. The summed E-state index contributed by atoms with van der Waals surface area (Å²) in [6.45, 7) is 7.73. The lowest BCUT2D eigenvalue weighted by Crippen LogP contribution is -2.34. The van der Waals surface area contributed by atoms with E-state index < -0.39 is 0 Å². The van der Waals surface area contributed by atoms with E-state index in [1.165, 1.54) is 39.0 Å². The Hall–Kier alpha value is -0.0800. The summed E-state index contributed by atoms with van der Waals surface area (Å²) >= 11 is 0. The van der Waals surface area contributed by atoms with Crippen LogP contribution in [0, 0.1) is 17.8 Å². The van der Waals surface area contributed by atoms with Gasteiger partial charge in [0.05, 0.1) is 0 Å². The Kier molecular flexibility index (Phi) is 1.88. The Labute approximate surface area is 80.7 Å². The molecule has 1 saturated carbocycles. The zero-order valence-corrected chi connectivity index (χ0v) is 8.50. The molecule has 13 heavy (non-hydrogen) atoms. The fraction of sp³-hybridized carbons (Fsp3) is 1.00. The van der Waals surface area contributed by atoms with Crippen LogP contribution in [0.15, 0.2) is 0 Å². The highest BCUT2D eigenvalue weighted by molar-refractivity contribution is 4.95. The van der Waals surface area contributed by atoms with Crippen LogP contribution in [0.5, 0.6) is 0 Å². The summed E-state index contributed by atoms with van der Waals surface area (Å²) in [6, 6.07) is 0.880. The SMILES string of the molecule is CC(C1CC1)N1CC2CNCC2C1. The molecule has 2 saturated heterocycles. The fourth-order valence-electron chi connectivity index (χ4n) is 3.10. The predicted octanol–water partition coefficient (Wildman–Crippen LogP) is 0.936. The summed E-state index contributed by atoms with van der Waals surface area (Å²) in [6.07, 6.45) is 2.98. The molecule has 3 rings (SSSR count). The van der Waals surface area contributed by atoms with Gasteiger partial charge in [-0.15, -0.1) is 0 Å². The van der Waals surface area contributed by atoms with Crippen molar-refractivity contribution in [1.82, 2.24) is 10.2 Å². The summed E-state index contributed by atoms with van der Waals surface area (Å²) < 4.78 is 0. The van der Waals surface area contributed by atoms with Crippen molar-refractivity contribution in [3.8, 4) is 0 Å². The van der Waals surface area contributed by atoms with Crippen LogP contribution in [0.1, 0.15) is 19.8 Å². The molecular formula is C11H20N2. The maximum absolute atomic E-state index is 3.50. The van der Waals surface area contributed by atoms with Gasteiger partial charge in [0, 0.05) is 19.1 Å². The number of hydrogen-bond donors (Lipinski definition) is 1. The van der Waals surface area contributed by atoms with Crippen molar-refractivity contribution >= 4 is 0 Å². The molecule has 2 heteroatoms. The molecule has 2 nitrogen and oxygen atoms in total. The molecule has 3 unspecified atom stereocenters. The minimum absolute atomic E-state index is 0.880. The first kappa shape index (κ1) is 8.25. The second-order valence-electron chi connectivity index (χ2n) is 5.21. The summed E-state index contributed by atoms with van der Waals surface area (Å²) in [5.41, 5.74) is 0. The second-order valence-corrected chi connectivity index (χ2v) is 5.21. The molecule has 0 radical (unpaired) electrons. The zero-order valence-electron chi connectivity index (χ0n) is 8.50. The van der Waals surface area contributed by atoms with Crippen LogP contribution in [0.4, 0.5) is 0 Å². The maximum Gasteiger partial charge on any atom is 0.00954 e. The molecule has 0 aromatic rings. The molecule has 0 amide bonds. The topological polar surface area (TPSA) is 15.3 Å². The normalized spacial score (nSPS) is 42.2. The number of likely N-dealkylation sites (tertiary alicyclic amines) is 1. The highest BCUT2D eigenvalue weighted by Gasteiger charge is 2.41. The van der Waals surface area contributed by atoms with Gasteiger partial charge in [0.15, 0.2) is 0 Å². The standard InChI is InChI=1S/C11H20N2/c1-8(9-2-3-9)13-6-10-4-12-5-11(10)7-13/h8-12H,2-7H2,1H3. The Bertz CT molecular complexity index is 188. The van der Waals surface area contributed by atoms with Crippen molar-refractivity contribution in [2.75, 3.05) is 26.2 Å². The van der Waals surface area contributed by atoms with Crippen molar-refractivity contribution in [2.45, 2.75) is 25.8 Å². The first-order chi connectivity index (χ1) is 6.34. The Morgan fingerprint density at radius 2 is 1.77 bits per heavy atom. The average molecular weight is 180 g/mol. The molecule has 1 N–H and O–H groups in total. The lowest BCUT2D eigenvalue weighted by Gasteiger charge is -2.24. The van der Waals surface area contributed by atoms with Crippen LogP contribution in [-0.4, -0.2) is 37.1 Å². The van der Waals surface area contributed by atoms with Gasteiger partial charge in [-0.25, -0.2) is 0 Å². The van der Waals surface area contributed by atoms with Crippen molar-refractivity contribution in [2.24, 2.45) is 17.8 Å². The van der Waals surface area contributed by atoms with Crippen LogP contribution >= 0.6 is 0 Å². The van der Waals surface area contributed by atoms with Gasteiger partial charge < -0.3 is 5.32 Å².